The van der Waals surface area contributed by atoms with E-state index in [1.54, 1.807) is 12.1 Å². The van der Waals surface area contributed by atoms with Gasteiger partial charge >= 0.3 is 0 Å². The summed E-state index contributed by atoms with van der Waals surface area (Å²) in [7, 11) is 0. The fraction of sp³-hybridized carbons (Fsp3) is 0.412. The van der Waals surface area contributed by atoms with Crippen LogP contribution < -0.4 is 10.9 Å². The minimum atomic E-state index is -0.193. The molecule has 2 unspecified atom stereocenters. The molecule has 2 aliphatic heterocycles. The molecular formula is C17H19N3O2. The van der Waals surface area contributed by atoms with Gasteiger partial charge in [0.1, 0.15) is 5.69 Å². The predicted molar refractivity (Wildman–Crippen MR) is 85.0 cm³/mol. The largest absolute Gasteiger partial charge is 0.330 e. The number of aromatic nitrogens is 1. The molecule has 5 nitrogen and oxygen atoms in total. The van der Waals surface area contributed by atoms with Crippen LogP contribution in [0.15, 0.2) is 35.1 Å². The van der Waals surface area contributed by atoms with Crippen LogP contribution in [0.5, 0.6) is 0 Å². The number of amides is 1. The zero-order valence-corrected chi connectivity index (χ0v) is 12.3. The van der Waals surface area contributed by atoms with Crippen molar-refractivity contribution in [3.8, 4) is 0 Å². The standard InChI is InChI=1S/C17H19N3O2/c21-16-14-4-2-1-3-11(14)9-15(19-16)17(22)20-12-5-6-13(20)10-18-8-7-12/h1-4,9,12-13,18H,5-8,10H2,(H,19,21). The van der Waals surface area contributed by atoms with Gasteiger partial charge in [0.05, 0.1) is 0 Å². The third kappa shape index (κ3) is 2.13. The molecule has 3 heterocycles. The van der Waals surface area contributed by atoms with Gasteiger partial charge in [0, 0.05) is 24.0 Å². The van der Waals surface area contributed by atoms with Crippen molar-refractivity contribution in [3.05, 3.63) is 46.4 Å². The molecule has 2 N–H and O–H groups in total. The molecule has 4 rings (SSSR count). The van der Waals surface area contributed by atoms with Gasteiger partial charge in [-0.05, 0) is 43.3 Å². The summed E-state index contributed by atoms with van der Waals surface area (Å²) in [4.78, 5) is 29.9. The lowest BCUT2D eigenvalue weighted by Gasteiger charge is -2.27. The first kappa shape index (κ1) is 13.5. The molecule has 2 aromatic rings. The normalized spacial score (nSPS) is 24.5. The van der Waals surface area contributed by atoms with Crippen LogP contribution in [-0.2, 0) is 0 Å². The summed E-state index contributed by atoms with van der Waals surface area (Å²) in [5, 5.41) is 4.83. The van der Waals surface area contributed by atoms with Crippen molar-refractivity contribution in [2.45, 2.75) is 31.3 Å². The maximum atomic E-state index is 12.9. The average Bonchev–Trinajstić information content (AvgIpc) is 2.79. The summed E-state index contributed by atoms with van der Waals surface area (Å²) in [6.45, 7) is 1.80. The Kier molecular flexibility index (Phi) is 3.22. The zero-order chi connectivity index (χ0) is 15.1. The smallest absolute Gasteiger partial charge is 0.270 e. The van der Waals surface area contributed by atoms with Crippen molar-refractivity contribution in [3.63, 3.8) is 0 Å². The number of carbonyl (C=O) groups is 1. The zero-order valence-electron chi connectivity index (χ0n) is 12.3. The minimum Gasteiger partial charge on any atom is -0.330 e. The van der Waals surface area contributed by atoms with Crippen LogP contribution in [0.1, 0.15) is 29.8 Å². The van der Waals surface area contributed by atoms with E-state index in [-0.39, 0.29) is 17.5 Å². The Bertz CT molecular complexity index is 769. The molecule has 0 spiro atoms. The van der Waals surface area contributed by atoms with Crippen LogP contribution in [-0.4, -0.2) is 41.0 Å². The van der Waals surface area contributed by atoms with Gasteiger partial charge < -0.3 is 15.2 Å². The first-order valence-electron chi connectivity index (χ1n) is 7.89. The molecule has 22 heavy (non-hydrogen) atoms. The molecule has 0 aliphatic carbocycles. The molecule has 2 bridgehead atoms. The van der Waals surface area contributed by atoms with Crippen LogP contribution >= 0.6 is 0 Å². The fourth-order valence-corrected chi connectivity index (χ4v) is 3.78. The van der Waals surface area contributed by atoms with E-state index < -0.39 is 0 Å². The van der Waals surface area contributed by atoms with Gasteiger partial charge in [-0.1, -0.05) is 18.2 Å². The van der Waals surface area contributed by atoms with Crippen LogP contribution in [0.4, 0.5) is 0 Å². The number of benzene rings is 1. The molecule has 0 saturated carbocycles. The third-order valence-corrected chi connectivity index (χ3v) is 4.87. The van der Waals surface area contributed by atoms with Gasteiger partial charge in [-0.25, -0.2) is 0 Å². The molecule has 114 valence electrons. The lowest BCUT2D eigenvalue weighted by atomic mass is 10.1. The van der Waals surface area contributed by atoms with Gasteiger partial charge in [-0.2, -0.15) is 0 Å². The molecule has 0 radical (unpaired) electrons. The lowest BCUT2D eigenvalue weighted by molar-refractivity contribution is 0.0674. The Labute approximate surface area is 128 Å². The molecule has 5 heteroatoms. The second-order valence-corrected chi connectivity index (χ2v) is 6.19. The number of aromatic amines is 1. The van der Waals surface area contributed by atoms with Gasteiger partial charge in [-0.3, -0.25) is 9.59 Å². The van der Waals surface area contributed by atoms with Crippen LogP contribution in [0.3, 0.4) is 0 Å². The molecule has 2 saturated heterocycles. The highest BCUT2D eigenvalue weighted by molar-refractivity contribution is 5.96. The summed E-state index contributed by atoms with van der Waals surface area (Å²) in [6.07, 6.45) is 3.09. The van der Waals surface area contributed by atoms with Gasteiger partial charge in [0.15, 0.2) is 0 Å². The van der Waals surface area contributed by atoms with E-state index in [4.69, 9.17) is 0 Å². The molecule has 1 amide bonds. The number of nitrogens with zero attached hydrogens (tertiary/aromatic N) is 1. The van der Waals surface area contributed by atoms with Gasteiger partial charge in [0.2, 0.25) is 0 Å². The van der Waals surface area contributed by atoms with E-state index in [2.05, 4.69) is 10.3 Å². The third-order valence-electron chi connectivity index (χ3n) is 4.87. The molecule has 1 aromatic carbocycles. The van der Waals surface area contributed by atoms with E-state index in [0.717, 1.165) is 37.7 Å². The number of pyridine rings is 1. The molecular weight excluding hydrogens is 278 g/mol. The number of carbonyl (C=O) groups excluding carboxylic acids is 1. The molecule has 2 atom stereocenters. The number of nitrogens with one attached hydrogen (secondary N) is 2. The highest BCUT2D eigenvalue weighted by Gasteiger charge is 2.38. The highest BCUT2D eigenvalue weighted by Crippen LogP contribution is 2.29. The van der Waals surface area contributed by atoms with Crippen molar-refractivity contribution in [2.24, 2.45) is 0 Å². The second-order valence-electron chi connectivity index (χ2n) is 6.19. The number of rotatable bonds is 1. The molecule has 2 aliphatic rings. The molecule has 1 aromatic heterocycles. The number of fused-ring (bicyclic) bond motifs is 3. The highest BCUT2D eigenvalue weighted by atomic mass is 16.2. The SMILES string of the molecule is O=C(c1cc2ccccc2c(=O)[nH]1)N1C2CCNCC1CC2. The maximum Gasteiger partial charge on any atom is 0.270 e. The van der Waals surface area contributed by atoms with E-state index in [9.17, 15) is 9.59 Å². The summed E-state index contributed by atoms with van der Waals surface area (Å²) >= 11 is 0. The Morgan fingerprint density at radius 2 is 1.95 bits per heavy atom. The van der Waals surface area contributed by atoms with Crippen LogP contribution in [0.2, 0.25) is 0 Å². The van der Waals surface area contributed by atoms with Crippen molar-refractivity contribution < 1.29 is 4.79 Å². The predicted octanol–water partition coefficient (Wildman–Crippen LogP) is 1.49. The Balaban J connectivity index is 1.75. The van der Waals surface area contributed by atoms with Gasteiger partial charge in [-0.15, -0.1) is 0 Å². The summed E-state index contributed by atoms with van der Waals surface area (Å²) in [6, 6.07) is 9.71. The minimum absolute atomic E-state index is 0.0425. The fourth-order valence-electron chi connectivity index (χ4n) is 3.78. The summed E-state index contributed by atoms with van der Waals surface area (Å²) in [5.41, 5.74) is 0.212. The summed E-state index contributed by atoms with van der Waals surface area (Å²) in [5.74, 6) is -0.0425. The number of H-pyrrole nitrogens is 1. The second kappa shape index (κ2) is 5.25. The van der Waals surface area contributed by atoms with Crippen molar-refractivity contribution in [2.75, 3.05) is 13.1 Å². The lowest BCUT2D eigenvalue weighted by Crippen LogP contribution is -2.43. The van der Waals surface area contributed by atoms with E-state index in [0.29, 0.717) is 17.1 Å². The van der Waals surface area contributed by atoms with Crippen LogP contribution in [0, 0.1) is 0 Å². The van der Waals surface area contributed by atoms with E-state index >= 15 is 0 Å². The Morgan fingerprint density at radius 3 is 2.86 bits per heavy atom. The average molecular weight is 297 g/mol. The van der Waals surface area contributed by atoms with Crippen molar-refractivity contribution in [1.82, 2.24) is 15.2 Å². The first-order valence-corrected chi connectivity index (χ1v) is 7.89. The topological polar surface area (TPSA) is 65.2 Å². The first-order chi connectivity index (χ1) is 10.7. The quantitative estimate of drug-likeness (QED) is 0.838. The van der Waals surface area contributed by atoms with E-state index in [1.165, 1.54) is 0 Å². The summed E-state index contributed by atoms with van der Waals surface area (Å²) < 4.78 is 0. The van der Waals surface area contributed by atoms with Crippen LogP contribution in [0.25, 0.3) is 10.8 Å². The Morgan fingerprint density at radius 1 is 1.14 bits per heavy atom. The molecule has 2 fully saturated rings. The van der Waals surface area contributed by atoms with Gasteiger partial charge in [0.25, 0.3) is 11.5 Å². The number of hydrogen-bond acceptors (Lipinski definition) is 3. The Hall–Kier alpha value is -2.14. The van der Waals surface area contributed by atoms with Crippen molar-refractivity contribution >= 4 is 16.7 Å². The van der Waals surface area contributed by atoms with E-state index in [1.807, 2.05) is 23.1 Å². The number of hydrogen-bond donors (Lipinski definition) is 2. The maximum absolute atomic E-state index is 12.9. The van der Waals surface area contributed by atoms with Crippen molar-refractivity contribution in [1.29, 1.82) is 0 Å². The monoisotopic (exact) mass is 297 g/mol.